The molecule has 6 heteroatoms. The van der Waals surface area contributed by atoms with Crippen LogP contribution in [0.25, 0.3) is 0 Å². The van der Waals surface area contributed by atoms with E-state index in [0.29, 0.717) is 11.8 Å². The van der Waals surface area contributed by atoms with Crippen molar-refractivity contribution < 1.29 is 4.52 Å². The van der Waals surface area contributed by atoms with E-state index in [4.69, 9.17) is 16.1 Å². The number of aromatic nitrogens is 4. The van der Waals surface area contributed by atoms with Gasteiger partial charge in [0.15, 0.2) is 5.76 Å². The van der Waals surface area contributed by atoms with E-state index in [1.165, 1.54) is 6.33 Å². The standard InChI is InChI=1S/C6H5ClN4O/c7-6-10-8-4-11(6)3-5-1-2-9-12-5/h1-2,4H,3H2. The minimum atomic E-state index is 0.339. The Morgan fingerprint density at radius 2 is 2.50 bits per heavy atom. The van der Waals surface area contributed by atoms with Crippen LogP contribution in [0.1, 0.15) is 5.76 Å². The molecule has 0 bridgehead atoms. The highest BCUT2D eigenvalue weighted by Gasteiger charge is 2.03. The maximum Gasteiger partial charge on any atom is 0.225 e. The summed E-state index contributed by atoms with van der Waals surface area (Å²) < 4.78 is 6.53. The van der Waals surface area contributed by atoms with Crippen molar-refractivity contribution in [2.24, 2.45) is 0 Å². The Labute approximate surface area is 72.9 Å². The predicted molar refractivity (Wildman–Crippen MR) is 40.6 cm³/mol. The lowest BCUT2D eigenvalue weighted by Crippen LogP contribution is -1.96. The average molecular weight is 185 g/mol. The van der Waals surface area contributed by atoms with Crippen LogP contribution < -0.4 is 0 Å². The topological polar surface area (TPSA) is 56.7 Å². The molecule has 0 aliphatic heterocycles. The molecule has 62 valence electrons. The van der Waals surface area contributed by atoms with E-state index < -0.39 is 0 Å². The highest BCUT2D eigenvalue weighted by molar-refractivity contribution is 6.28. The molecule has 0 radical (unpaired) electrons. The fourth-order valence-electron chi connectivity index (χ4n) is 0.839. The first kappa shape index (κ1) is 7.30. The van der Waals surface area contributed by atoms with Crippen molar-refractivity contribution in [3.8, 4) is 0 Å². The van der Waals surface area contributed by atoms with Crippen molar-refractivity contribution in [3.05, 3.63) is 29.6 Å². The fourth-order valence-corrected chi connectivity index (χ4v) is 0.986. The van der Waals surface area contributed by atoms with Crippen molar-refractivity contribution >= 4 is 11.6 Å². The first-order valence-electron chi connectivity index (χ1n) is 3.29. The molecular weight excluding hydrogens is 180 g/mol. The summed E-state index contributed by atoms with van der Waals surface area (Å²) in [5, 5.41) is 11.1. The molecule has 0 unspecified atom stereocenters. The van der Waals surface area contributed by atoms with Crippen LogP contribution in [-0.2, 0) is 6.54 Å². The molecule has 0 saturated heterocycles. The largest absolute Gasteiger partial charge is 0.359 e. The Kier molecular flexibility index (Phi) is 1.79. The minimum Gasteiger partial charge on any atom is -0.359 e. The van der Waals surface area contributed by atoms with Crippen molar-refractivity contribution in [3.63, 3.8) is 0 Å². The van der Waals surface area contributed by atoms with E-state index in [1.807, 2.05) is 0 Å². The summed E-state index contributed by atoms with van der Waals surface area (Å²) in [5.74, 6) is 0.719. The number of halogens is 1. The second-order valence-electron chi connectivity index (χ2n) is 2.21. The molecule has 2 heterocycles. The maximum atomic E-state index is 5.68. The van der Waals surface area contributed by atoms with Crippen LogP contribution >= 0.6 is 11.6 Å². The second kappa shape index (κ2) is 2.94. The van der Waals surface area contributed by atoms with Gasteiger partial charge in [0.2, 0.25) is 5.28 Å². The van der Waals surface area contributed by atoms with Crippen LogP contribution in [-0.4, -0.2) is 19.9 Å². The highest BCUT2D eigenvalue weighted by atomic mass is 35.5. The van der Waals surface area contributed by atoms with E-state index >= 15 is 0 Å². The van der Waals surface area contributed by atoms with E-state index in [9.17, 15) is 0 Å². The third kappa shape index (κ3) is 1.31. The smallest absolute Gasteiger partial charge is 0.225 e. The number of hydrogen-bond donors (Lipinski definition) is 0. The molecule has 0 spiro atoms. The van der Waals surface area contributed by atoms with Crippen LogP contribution in [0.3, 0.4) is 0 Å². The lowest BCUT2D eigenvalue weighted by Gasteiger charge is -1.95. The molecular formula is C6H5ClN4O. The first-order valence-corrected chi connectivity index (χ1v) is 3.67. The van der Waals surface area contributed by atoms with Gasteiger partial charge in [-0.2, -0.15) is 0 Å². The number of hydrogen-bond acceptors (Lipinski definition) is 4. The molecule has 0 aliphatic rings. The second-order valence-corrected chi connectivity index (χ2v) is 2.54. The molecule has 0 atom stereocenters. The number of nitrogens with zero attached hydrogens (tertiary/aromatic N) is 4. The zero-order chi connectivity index (χ0) is 8.39. The van der Waals surface area contributed by atoms with Crippen molar-refractivity contribution in [1.82, 2.24) is 19.9 Å². The number of rotatable bonds is 2. The van der Waals surface area contributed by atoms with Gasteiger partial charge in [-0.05, 0) is 11.6 Å². The quantitative estimate of drug-likeness (QED) is 0.698. The molecule has 0 saturated carbocycles. The lowest BCUT2D eigenvalue weighted by atomic mass is 10.4. The Morgan fingerprint density at radius 1 is 1.58 bits per heavy atom. The summed E-state index contributed by atoms with van der Waals surface area (Å²) in [4.78, 5) is 0. The third-order valence-corrected chi connectivity index (χ3v) is 1.68. The van der Waals surface area contributed by atoms with Crippen molar-refractivity contribution in [2.45, 2.75) is 6.54 Å². The van der Waals surface area contributed by atoms with Gasteiger partial charge < -0.3 is 4.52 Å². The van der Waals surface area contributed by atoms with Gasteiger partial charge in [0, 0.05) is 6.07 Å². The van der Waals surface area contributed by atoms with Crippen LogP contribution in [0.15, 0.2) is 23.1 Å². The normalized spacial score (nSPS) is 10.4. The zero-order valence-electron chi connectivity index (χ0n) is 6.01. The van der Waals surface area contributed by atoms with E-state index in [0.717, 1.165) is 5.76 Å². The van der Waals surface area contributed by atoms with Gasteiger partial charge in [0.25, 0.3) is 0 Å². The summed E-state index contributed by atoms with van der Waals surface area (Å²) >= 11 is 5.68. The van der Waals surface area contributed by atoms with E-state index in [-0.39, 0.29) is 0 Å². The Morgan fingerprint density at radius 3 is 3.08 bits per heavy atom. The minimum absolute atomic E-state index is 0.339. The van der Waals surface area contributed by atoms with Crippen molar-refractivity contribution in [1.29, 1.82) is 0 Å². The Balaban J connectivity index is 2.20. The van der Waals surface area contributed by atoms with Gasteiger partial charge in [-0.25, -0.2) is 0 Å². The Hall–Kier alpha value is -1.36. The fraction of sp³-hybridized carbons (Fsp3) is 0.167. The average Bonchev–Trinajstić information content (AvgIpc) is 2.65. The van der Waals surface area contributed by atoms with Gasteiger partial charge >= 0.3 is 0 Å². The monoisotopic (exact) mass is 184 g/mol. The van der Waals surface area contributed by atoms with Gasteiger partial charge in [0.05, 0.1) is 12.7 Å². The van der Waals surface area contributed by atoms with Gasteiger partial charge in [-0.3, -0.25) is 4.57 Å². The molecule has 5 nitrogen and oxygen atoms in total. The molecule has 2 aromatic heterocycles. The molecule has 2 rings (SSSR count). The van der Waals surface area contributed by atoms with Gasteiger partial charge in [0.1, 0.15) is 6.33 Å². The summed E-state index contributed by atoms with van der Waals surface area (Å²) in [5.41, 5.74) is 0. The summed E-state index contributed by atoms with van der Waals surface area (Å²) in [6.07, 6.45) is 3.11. The SMILES string of the molecule is Clc1nncn1Cc1ccno1. The van der Waals surface area contributed by atoms with E-state index in [1.54, 1.807) is 16.8 Å². The summed E-state index contributed by atoms with van der Waals surface area (Å²) in [6, 6.07) is 1.76. The van der Waals surface area contributed by atoms with Crippen LogP contribution in [0.4, 0.5) is 0 Å². The van der Waals surface area contributed by atoms with E-state index in [2.05, 4.69) is 15.4 Å². The highest BCUT2D eigenvalue weighted by Crippen LogP contribution is 2.06. The molecule has 0 aromatic carbocycles. The Bertz CT molecular complexity index is 355. The first-order chi connectivity index (χ1) is 5.86. The van der Waals surface area contributed by atoms with Gasteiger partial charge in [-0.15, -0.1) is 10.2 Å². The van der Waals surface area contributed by atoms with Gasteiger partial charge in [-0.1, -0.05) is 5.16 Å². The van der Waals surface area contributed by atoms with Crippen molar-refractivity contribution in [2.75, 3.05) is 0 Å². The zero-order valence-corrected chi connectivity index (χ0v) is 6.77. The molecule has 12 heavy (non-hydrogen) atoms. The maximum absolute atomic E-state index is 5.68. The molecule has 0 N–H and O–H groups in total. The summed E-state index contributed by atoms with van der Waals surface area (Å²) in [6.45, 7) is 0.506. The van der Waals surface area contributed by atoms with Crippen LogP contribution in [0, 0.1) is 0 Å². The summed E-state index contributed by atoms with van der Waals surface area (Å²) in [7, 11) is 0. The van der Waals surface area contributed by atoms with Crippen LogP contribution in [0.2, 0.25) is 5.28 Å². The lowest BCUT2D eigenvalue weighted by molar-refractivity contribution is 0.376. The molecule has 0 amide bonds. The molecule has 0 fully saturated rings. The predicted octanol–water partition coefficient (Wildman–Crippen LogP) is 0.968. The third-order valence-electron chi connectivity index (χ3n) is 1.39. The van der Waals surface area contributed by atoms with Crippen LogP contribution in [0.5, 0.6) is 0 Å². The molecule has 2 aromatic rings. The molecule has 0 aliphatic carbocycles.